The number of carbonyl (C=O) groups is 1. The molecule has 1 fully saturated rings. The third-order valence-corrected chi connectivity index (χ3v) is 3.50. The van der Waals surface area contributed by atoms with Crippen molar-refractivity contribution >= 4 is 5.91 Å². The molecule has 0 spiro atoms. The summed E-state index contributed by atoms with van der Waals surface area (Å²) < 4.78 is 0. The smallest absolute Gasteiger partial charge is 0.235 e. The molecule has 102 valence electrons. The minimum Gasteiger partial charge on any atom is -0.396 e. The Balaban J connectivity index is 2.42. The molecule has 1 saturated carbocycles. The Morgan fingerprint density at radius 3 is 2.67 bits per heavy atom. The van der Waals surface area contributed by atoms with Gasteiger partial charge in [-0.1, -0.05) is 6.92 Å². The number of aliphatic hydroxyl groups is 1. The lowest BCUT2D eigenvalue weighted by Crippen LogP contribution is -2.49. The second kappa shape index (κ2) is 7.34. The molecule has 0 saturated heterocycles. The van der Waals surface area contributed by atoms with Crippen molar-refractivity contribution in [1.82, 2.24) is 10.2 Å². The van der Waals surface area contributed by atoms with Gasteiger partial charge in [-0.05, 0) is 38.6 Å². The van der Waals surface area contributed by atoms with Gasteiger partial charge in [0.1, 0.15) is 5.54 Å². The maximum Gasteiger partial charge on any atom is 0.235 e. The maximum absolute atomic E-state index is 11.9. The van der Waals surface area contributed by atoms with Gasteiger partial charge in [0.2, 0.25) is 5.91 Å². The fraction of sp³-hybridized carbons (Fsp3) is 0.846. The molecule has 5 nitrogen and oxygen atoms in total. The molecule has 2 N–H and O–H groups in total. The Morgan fingerprint density at radius 1 is 1.50 bits per heavy atom. The number of amides is 1. The summed E-state index contributed by atoms with van der Waals surface area (Å²) in [5.74, 6) is -0.0850. The Hall–Kier alpha value is -1.12. The van der Waals surface area contributed by atoms with Crippen molar-refractivity contribution in [2.24, 2.45) is 0 Å². The first-order chi connectivity index (χ1) is 8.65. The summed E-state index contributed by atoms with van der Waals surface area (Å²) in [5.41, 5.74) is -0.631. The number of carbonyl (C=O) groups excluding carboxylic acids is 1. The van der Waals surface area contributed by atoms with Crippen LogP contribution >= 0.6 is 0 Å². The van der Waals surface area contributed by atoms with Crippen molar-refractivity contribution in [3.05, 3.63) is 0 Å². The van der Waals surface area contributed by atoms with Crippen LogP contribution in [-0.4, -0.2) is 47.7 Å². The molecule has 1 aliphatic carbocycles. The molecular formula is C13H23N3O2. The van der Waals surface area contributed by atoms with Gasteiger partial charge in [0.05, 0.1) is 12.6 Å². The van der Waals surface area contributed by atoms with Crippen LogP contribution in [0.25, 0.3) is 0 Å². The monoisotopic (exact) mass is 253 g/mol. The van der Waals surface area contributed by atoms with Gasteiger partial charge in [0.25, 0.3) is 0 Å². The number of rotatable bonds is 7. The summed E-state index contributed by atoms with van der Waals surface area (Å²) in [7, 11) is 0. The van der Waals surface area contributed by atoms with Crippen molar-refractivity contribution in [1.29, 1.82) is 5.26 Å². The van der Waals surface area contributed by atoms with E-state index in [0.29, 0.717) is 19.5 Å². The lowest BCUT2D eigenvalue weighted by Gasteiger charge is -2.25. The Kier molecular flexibility index (Phi) is 6.10. The van der Waals surface area contributed by atoms with Gasteiger partial charge >= 0.3 is 0 Å². The summed E-state index contributed by atoms with van der Waals surface area (Å²) in [5, 5.41) is 20.8. The van der Waals surface area contributed by atoms with Crippen molar-refractivity contribution in [3.63, 3.8) is 0 Å². The predicted octanol–water partition coefficient (Wildman–Crippen LogP) is 0.643. The van der Waals surface area contributed by atoms with Crippen LogP contribution in [0.1, 0.15) is 39.0 Å². The highest BCUT2D eigenvalue weighted by Crippen LogP contribution is 2.28. The normalized spacial score (nSPS) is 17.7. The lowest BCUT2D eigenvalue weighted by molar-refractivity contribution is -0.123. The molecule has 0 aromatic rings. The average molecular weight is 253 g/mol. The molecule has 0 bridgehead atoms. The summed E-state index contributed by atoms with van der Waals surface area (Å²) in [4.78, 5) is 13.9. The SMILES string of the molecule is CCN(CCCO)CC(=O)NC1(C#N)CCCC1. The van der Waals surface area contributed by atoms with E-state index < -0.39 is 5.54 Å². The largest absolute Gasteiger partial charge is 0.396 e. The van der Waals surface area contributed by atoms with Crippen LogP contribution in [0.3, 0.4) is 0 Å². The van der Waals surface area contributed by atoms with Crippen LogP contribution in [0, 0.1) is 11.3 Å². The summed E-state index contributed by atoms with van der Waals surface area (Å²) in [6, 6.07) is 2.25. The molecule has 0 aliphatic heterocycles. The topological polar surface area (TPSA) is 76.4 Å². The predicted molar refractivity (Wildman–Crippen MR) is 68.8 cm³/mol. The molecule has 5 heteroatoms. The molecule has 1 amide bonds. The van der Waals surface area contributed by atoms with E-state index in [4.69, 9.17) is 5.11 Å². The van der Waals surface area contributed by atoms with Crippen molar-refractivity contribution in [2.75, 3.05) is 26.2 Å². The van der Waals surface area contributed by atoms with Crippen molar-refractivity contribution in [3.8, 4) is 6.07 Å². The number of hydrogen-bond donors (Lipinski definition) is 2. The van der Waals surface area contributed by atoms with Crippen molar-refractivity contribution in [2.45, 2.75) is 44.6 Å². The summed E-state index contributed by atoms with van der Waals surface area (Å²) in [6.07, 6.45) is 4.21. The van der Waals surface area contributed by atoms with E-state index >= 15 is 0 Å². The molecule has 18 heavy (non-hydrogen) atoms. The van der Waals surface area contributed by atoms with Gasteiger partial charge in [0.15, 0.2) is 0 Å². The number of hydrogen-bond acceptors (Lipinski definition) is 4. The van der Waals surface area contributed by atoms with E-state index in [1.807, 2.05) is 11.8 Å². The zero-order valence-corrected chi connectivity index (χ0v) is 11.1. The van der Waals surface area contributed by atoms with E-state index in [-0.39, 0.29) is 12.5 Å². The van der Waals surface area contributed by atoms with Crippen molar-refractivity contribution < 1.29 is 9.90 Å². The first-order valence-electron chi connectivity index (χ1n) is 6.71. The number of likely N-dealkylation sites (N-methyl/N-ethyl adjacent to an activating group) is 1. The standard InChI is InChI=1S/C13H23N3O2/c1-2-16(8-5-9-17)10-12(18)15-13(11-14)6-3-4-7-13/h17H,2-10H2,1H3,(H,15,18). The minimum absolute atomic E-state index is 0.0850. The number of aliphatic hydroxyl groups excluding tert-OH is 1. The Labute approximate surface area is 109 Å². The Bertz CT molecular complexity index is 306. The summed E-state index contributed by atoms with van der Waals surface area (Å²) in [6.45, 7) is 3.91. The third kappa shape index (κ3) is 4.28. The van der Waals surface area contributed by atoms with Crippen LogP contribution < -0.4 is 5.32 Å². The number of nitriles is 1. The van der Waals surface area contributed by atoms with Gasteiger partial charge in [-0.3, -0.25) is 9.69 Å². The third-order valence-electron chi connectivity index (χ3n) is 3.50. The average Bonchev–Trinajstić information content (AvgIpc) is 2.83. The highest BCUT2D eigenvalue weighted by atomic mass is 16.3. The number of nitrogens with zero attached hydrogens (tertiary/aromatic N) is 2. The molecule has 1 aliphatic rings. The van der Waals surface area contributed by atoms with Crippen LogP contribution in [0.5, 0.6) is 0 Å². The molecule has 1 rings (SSSR count). The molecule has 0 aromatic heterocycles. The molecule has 0 unspecified atom stereocenters. The van der Waals surface area contributed by atoms with E-state index in [1.54, 1.807) is 0 Å². The van der Waals surface area contributed by atoms with Crippen LogP contribution in [-0.2, 0) is 4.79 Å². The van der Waals surface area contributed by atoms with E-state index in [0.717, 1.165) is 32.2 Å². The maximum atomic E-state index is 11.9. The van der Waals surface area contributed by atoms with Crippen LogP contribution in [0.15, 0.2) is 0 Å². The second-order valence-electron chi connectivity index (χ2n) is 4.90. The minimum atomic E-state index is -0.631. The highest BCUT2D eigenvalue weighted by molar-refractivity contribution is 5.79. The van der Waals surface area contributed by atoms with Gasteiger partial charge in [-0.2, -0.15) is 5.26 Å². The zero-order chi connectivity index (χ0) is 13.4. The van der Waals surface area contributed by atoms with Crippen LogP contribution in [0.2, 0.25) is 0 Å². The highest BCUT2D eigenvalue weighted by Gasteiger charge is 2.35. The van der Waals surface area contributed by atoms with Gasteiger partial charge in [0, 0.05) is 13.2 Å². The molecular weight excluding hydrogens is 230 g/mol. The fourth-order valence-electron chi connectivity index (χ4n) is 2.40. The van der Waals surface area contributed by atoms with Gasteiger partial charge < -0.3 is 10.4 Å². The first-order valence-corrected chi connectivity index (χ1v) is 6.71. The first kappa shape index (κ1) is 14.9. The van der Waals surface area contributed by atoms with E-state index in [2.05, 4.69) is 11.4 Å². The number of nitrogens with one attached hydrogen (secondary N) is 1. The van der Waals surface area contributed by atoms with Gasteiger partial charge in [-0.15, -0.1) is 0 Å². The second-order valence-corrected chi connectivity index (χ2v) is 4.90. The van der Waals surface area contributed by atoms with Gasteiger partial charge in [-0.25, -0.2) is 0 Å². The van der Waals surface area contributed by atoms with E-state index in [1.165, 1.54) is 0 Å². The lowest BCUT2D eigenvalue weighted by atomic mass is 10.00. The molecule has 0 atom stereocenters. The Morgan fingerprint density at radius 2 is 2.17 bits per heavy atom. The quantitative estimate of drug-likeness (QED) is 0.698. The fourth-order valence-corrected chi connectivity index (χ4v) is 2.40. The summed E-state index contributed by atoms with van der Waals surface area (Å²) >= 11 is 0. The molecule has 0 heterocycles. The van der Waals surface area contributed by atoms with Crippen LogP contribution in [0.4, 0.5) is 0 Å². The molecule has 0 radical (unpaired) electrons. The molecule has 0 aromatic carbocycles. The zero-order valence-electron chi connectivity index (χ0n) is 11.1. The van der Waals surface area contributed by atoms with E-state index in [9.17, 15) is 10.1 Å².